The summed E-state index contributed by atoms with van der Waals surface area (Å²) in [5, 5.41) is 0. The van der Waals surface area contributed by atoms with Crippen LogP contribution in [0.25, 0.3) is 49.9 Å². The van der Waals surface area contributed by atoms with Crippen molar-refractivity contribution in [2.45, 2.75) is 20.8 Å². The Morgan fingerprint density at radius 1 is 0.517 bits per heavy atom. The van der Waals surface area contributed by atoms with Gasteiger partial charge in [0, 0.05) is 0 Å². The van der Waals surface area contributed by atoms with Crippen molar-refractivity contribution in [2.75, 3.05) is 4.90 Å². The van der Waals surface area contributed by atoms with Crippen molar-refractivity contribution in [1.82, 2.24) is 17.0 Å². The number of hydrogen-bond donors (Lipinski definition) is 0. The monoisotopic (exact) mass is 811 g/mol. The van der Waals surface area contributed by atoms with Gasteiger partial charge < -0.3 is 0 Å². The molecule has 280 valence electrons. The normalized spacial score (nSPS) is 13.7. The molecule has 0 fully saturated rings. The number of nitrogens with zero attached hydrogens (tertiary/aromatic N) is 5. The van der Waals surface area contributed by atoms with Crippen LogP contribution >= 0.6 is 0 Å². The minimum atomic E-state index is -4.49. The van der Waals surface area contributed by atoms with Gasteiger partial charge in [0.1, 0.15) is 0 Å². The zero-order valence-corrected chi connectivity index (χ0v) is 35.0. The van der Waals surface area contributed by atoms with E-state index in [0.29, 0.717) is 5.92 Å². The van der Waals surface area contributed by atoms with E-state index < -0.39 is 13.7 Å². The van der Waals surface area contributed by atoms with Crippen LogP contribution in [0.5, 0.6) is 0 Å². The Morgan fingerprint density at radius 3 is 1.60 bits per heavy atom. The molecular weight excluding hydrogens is 767 g/mol. The molecule has 0 saturated heterocycles. The van der Waals surface area contributed by atoms with Crippen molar-refractivity contribution in [3.05, 3.63) is 206 Å². The number of benzene rings is 7. The molecular formula is C52H43GeN5. The van der Waals surface area contributed by atoms with Crippen molar-refractivity contribution in [2.24, 2.45) is 5.92 Å². The van der Waals surface area contributed by atoms with E-state index >= 15 is 0 Å². The summed E-state index contributed by atoms with van der Waals surface area (Å²) in [7, 11) is 0. The van der Waals surface area contributed by atoms with E-state index in [1.165, 1.54) is 31.1 Å². The fourth-order valence-corrected chi connectivity index (χ4v) is 20.1. The fourth-order valence-electron chi connectivity index (χ4n) is 9.00. The molecule has 0 unspecified atom stereocenters. The molecule has 0 bridgehead atoms. The Kier molecular flexibility index (Phi) is 9.03. The van der Waals surface area contributed by atoms with Crippen molar-refractivity contribution in [3.63, 3.8) is 0 Å². The predicted octanol–water partition coefficient (Wildman–Crippen LogP) is 11.8. The molecule has 6 heteroatoms. The third-order valence-corrected chi connectivity index (χ3v) is 20.8. The Hall–Kier alpha value is -6.70. The van der Waals surface area contributed by atoms with Crippen molar-refractivity contribution < 1.29 is 0 Å². The van der Waals surface area contributed by atoms with Crippen LogP contribution in [-0.2, 0) is 0 Å². The van der Waals surface area contributed by atoms with E-state index in [1.807, 2.05) is 0 Å². The van der Waals surface area contributed by atoms with Gasteiger partial charge in [-0.05, 0) is 0 Å². The van der Waals surface area contributed by atoms with Crippen LogP contribution in [0.4, 0.5) is 17.6 Å². The molecule has 1 aliphatic rings. The Labute approximate surface area is 342 Å². The maximum absolute atomic E-state index is 5.68. The first-order valence-corrected chi connectivity index (χ1v) is 24.1. The molecule has 2 aromatic heterocycles. The van der Waals surface area contributed by atoms with Gasteiger partial charge in [-0.15, -0.1) is 0 Å². The van der Waals surface area contributed by atoms with Crippen LogP contribution in [0.15, 0.2) is 200 Å². The summed E-state index contributed by atoms with van der Waals surface area (Å²) in [5.41, 5.74) is 12.2. The van der Waals surface area contributed by atoms with Gasteiger partial charge in [0.25, 0.3) is 0 Å². The number of allylic oxidation sites excluding steroid dienone is 4. The van der Waals surface area contributed by atoms with Crippen molar-refractivity contribution >= 4 is 67.7 Å². The second kappa shape index (κ2) is 14.7. The van der Waals surface area contributed by atoms with Crippen molar-refractivity contribution in [1.29, 1.82) is 0 Å². The number of hydrogen-bond acceptors (Lipinski definition) is 3. The maximum atomic E-state index is 5.68. The predicted molar refractivity (Wildman–Crippen MR) is 245 cm³/mol. The molecule has 0 amide bonds. The van der Waals surface area contributed by atoms with Gasteiger partial charge in [0.2, 0.25) is 0 Å². The number of fused-ring (bicyclic) bond motifs is 6. The quantitative estimate of drug-likeness (QED) is 0.113. The summed E-state index contributed by atoms with van der Waals surface area (Å²) < 4.78 is 7.97. The summed E-state index contributed by atoms with van der Waals surface area (Å²) in [6.07, 6.45) is 6.85. The molecule has 1 aliphatic heterocycles. The second-order valence-corrected chi connectivity index (χ2v) is 22.1. The zero-order chi connectivity index (χ0) is 39.2. The molecule has 9 aromatic rings. The molecule has 7 aromatic carbocycles. The Bertz CT molecular complexity index is 2930. The number of anilines is 3. The fraction of sp³-hybridized carbons (Fsp3) is 0.0769. The van der Waals surface area contributed by atoms with E-state index in [1.54, 1.807) is 0 Å². The number of imidazole rings is 2. The van der Waals surface area contributed by atoms with Crippen LogP contribution in [0.2, 0.25) is 0 Å². The average molecular weight is 811 g/mol. The van der Waals surface area contributed by atoms with Gasteiger partial charge in [-0.25, -0.2) is 0 Å². The van der Waals surface area contributed by atoms with Crippen LogP contribution in [0.1, 0.15) is 26.3 Å². The van der Waals surface area contributed by atoms with Crippen molar-refractivity contribution in [3.8, 4) is 22.3 Å². The SMILES string of the molecule is C/C=C\C(=C/C(C)C)c1cccc[c]1[Ge]1([c]2ccccc2-c2ccccc2)[n]2c(nc3ccccc32)N(c2ccccc2-c2ccccc2)c2nc3ccccc3[n]21. The molecule has 3 heterocycles. The topological polar surface area (TPSA) is 38.9 Å². The molecule has 0 spiro atoms. The second-order valence-electron chi connectivity index (χ2n) is 15.2. The molecule has 0 aliphatic carbocycles. The number of aromatic nitrogens is 4. The van der Waals surface area contributed by atoms with Gasteiger partial charge in [0.05, 0.1) is 0 Å². The summed E-state index contributed by atoms with van der Waals surface area (Å²) in [4.78, 5) is 13.7. The third kappa shape index (κ3) is 5.60. The first kappa shape index (κ1) is 35.7. The van der Waals surface area contributed by atoms with E-state index in [2.05, 4.69) is 233 Å². The molecule has 0 N–H and O–H groups in total. The molecule has 10 rings (SSSR count). The number of para-hydroxylation sites is 5. The summed E-state index contributed by atoms with van der Waals surface area (Å²) in [6, 6.07) is 65.9. The Morgan fingerprint density at radius 2 is 1.00 bits per heavy atom. The van der Waals surface area contributed by atoms with E-state index in [-0.39, 0.29) is 0 Å². The molecule has 0 atom stereocenters. The molecule has 0 saturated carbocycles. The standard InChI is InChI=1S/C52H43GeN5/c1-4-21-40(36-37(2)3)42-27-12-15-30-45(42)53(44-29-14-11-26-41(44)38-22-7-5-8-23-38)57-49-34-19-16-31-46(49)54-51(57)56(52-55-47-32-17-20-35-50(47)58(52)53)48-33-18-13-28-43(48)39-24-9-6-10-25-39/h4-37H,1-3H3/b21-4-,40-36+. The summed E-state index contributed by atoms with van der Waals surface area (Å²) in [6.45, 7) is 6.64. The first-order valence-electron chi connectivity index (χ1n) is 20.1. The molecule has 58 heavy (non-hydrogen) atoms. The van der Waals surface area contributed by atoms with Gasteiger partial charge in [-0.3, -0.25) is 0 Å². The number of rotatable bonds is 8. The van der Waals surface area contributed by atoms with Gasteiger partial charge >= 0.3 is 344 Å². The molecule has 0 radical (unpaired) electrons. The average Bonchev–Trinajstić information content (AvgIpc) is 3.86. The minimum absolute atomic E-state index is 0.338. The third-order valence-electron chi connectivity index (χ3n) is 11.2. The Balaban J connectivity index is 1.46. The first-order chi connectivity index (χ1) is 28.6. The molecule has 5 nitrogen and oxygen atoms in total. The van der Waals surface area contributed by atoms with Gasteiger partial charge in [0.15, 0.2) is 0 Å². The van der Waals surface area contributed by atoms with Crippen LogP contribution < -0.4 is 13.7 Å². The summed E-state index contributed by atoms with van der Waals surface area (Å²) >= 11 is -4.49. The van der Waals surface area contributed by atoms with Gasteiger partial charge in [-0.2, -0.15) is 0 Å². The van der Waals surface area contributed by atoms with E-state index in [4.69, 9.17) is 9.97 Å². The van der Waals surface area contributed by atoms with Gasteiger partial charge in [-0.1, -0.05) is 0 Å². The van der Waals surface area contributed by atoms with E-state index in [9.17, 15) is 0 Å². The zero-order valence-electron chi connectivity index (χ0n) is 32.9. The van der Waals surface area contributed by atoms with Crippen LogP contribution in [-0.4, -0.2) is 30.7 Å². The summed E-state index contributed by atoms with van der Waals surface area (Å²) in [5.74, 6) is 2.07. The van der Waals surface area contributed by atoms with E-state index in [0.717, 1.165) is 50.8 Å². The van der Waals surface area contributed by atoms with Crippen LogP contribution in [0.3, 0.4) is 0 Å². The van der Waals surface area contributed by atoms with Crippen LogP contribution in [0, 0.1) is 5.92 Å².